The fraction of sp³-hybridized carbons (Fsp3) is 0.308. The van der Waals surface area contributed by atoms with Gasteiger partial charge >= 0.3 is 0 Å². The normalized spacial score (nSPS) is 10.9. The summed E-state index contributed by atoms with van der Waals surface area (Å²) in [7, 11) is 0. The molecule has 4 rings (SSSR count). The van der Waals surface area contributed by atoms with Crippen LogP contribution in [-0.4, -0.2) is 32.4 Å². The minimum Gasteiger partial charge on any atom is -0.484 e. The number of carbonyl (C=O) groups is 1. The van der Waals surface area contributed by atoms with Crippen LogP contribution in [0.25, 0.3) is 17.1 Å². The number of nitrogens with one attached hydrogen (secondary N) is 1. The molecule has 0 atom stereocenters. The van der Waals surface area contributed by atoms with Crippen LogP contribution in [0.15, 0.2) is 53.1 Å². The number of nitrogens with zero attached hydrogens (tertiary/aromatic N) is 4. The maximum atomic E-state index is 12.6. The molecule has 0 bridgehead atoms. The highest BCUT2D eigenvalue weighted by Crippen LogP contribution is 2.24. The Morgan fingerprint density at radius 1 is 1.06 bits per heavy atom. The fourth-order valence-corrected chi connectivity index (χ4v) is 3.59. The van der Waals surface area contributed by atoms with Gasteiger partial charge < -0.3 is 14.6 Å². The lowest BCUT2D eigenvalue weighted by Crippen LogP contribution is -2.20. The smallest absolute Gasteiger partial charge is 0.262 e. The van der Waals surface area contributed by atoms with Crippen LogP contribution < -0.4 is 10.1 Å². The van der Waals surface area contributed by atoms with Gasteiger partial charge in [-0.25, -0.2) is 4.68 Å². The fourth-order valence-electron chi connectivity index (χ4n) is 3.59. The molecule has 2 aromatic heterocycles. The number of carbonyl (C=O) groups excluding carboxylic acids is 1. The van der Waals surface area contributed by atoms with Crippen LogP contribution in [0.1, 0.15) is 42.6 Å². The molecule has 8 nitrogen and oxygen atoms in total. The first-order valence-electron chi connectivity index (χ1n) is 11.4. The lowest BCUT2D eigenvalue weighted by atomic mass is 10.2. The van der Waals surface area contributed by atoms with Gasteiger partial charge in [-0.05, 0) is 63.6 Å². The number of rotatable bonds is 9. The van der Waals surface area contributed by atoms with E-state index in [0.717, 1.165) is 41.9 Å². The van der Waals surface area contributed by atoms with Gasteiger partial charge in [-0.15, -0.1) is 0 Å². The van der Waals surface area contributed by atoms with Crippen LogP contribution in [-0.2, 0) is 11.2 Å². The quantitative estimate of drug-likeness (QED) is 0.369. The zero-order valence-electron chi connectivity index (χ0n) is 20.0. The average molecular weight is 460 g/mol. The standard InChI is InChI=1S/C26H29N5O3/c1-5-6-7-24-28-26(30-34-24)20-10-14-22(15-11-20)33-16-23(32)27-25-18(3)29-31(19(25)4)21-12-8-17(2)9-13-21/h8-15H,5-7,16H2,1-4H3,(H,27,32). The zero-order chi connectivity index (χ0) is 24.1. The SMILES string of the molecule is CCCCc1nc(-c2ccc(OCC(=O)Nc3c(C)nn(-c4ccc(C)cc4)c3C)cc2)no1. The van der Waals surface area contributed by atoms with Crippen molar-refractivity contribution in [3.05, 3.63) is 71.4 Å². The Balaban J connectivity index is 1.35. The van der Waals surface area contributed by atoms with Crippen LogP contribution in [0, 0.1) is 20.8 Å². The molecule has 2 aromatic carbocycles. The van der Waals surface area contributed by atoms with E-state index in [4.69, 9.17) is 9.26 Å². The van der Waals surface area contributed by atoms with Crippen molar-refractivity contribution >= 4 is 11.6 Å². The largest absolute Gasteiger partial charge is 0.484 e. The number of hydrogen-bond acceptors (Lipinski definition) is 6. The molecular weight excluding hydrogens is 430 g/mol. The molecule has 34 heavy (non-hydrogen) atoms. The summed E-state index contributed by atoms with van der Waals surface area (Å²) in [6, 6.07) is 15.4. The Labute approximate surface area is 199 Å². The second-order valence-electron chi connectivity index (χ2n) is 8.27. The lowest BCUT2D eigenvalue weighted by Gasteiger charge is -2.09. The molecule has 0 aliphatic heterocycles. The van der Waals surface area contributed by atoms with Crippen molar-refractivity contribution in [1.29, 1.82) is 0 Å². The van der Waals surface area contributed by atoms with Crippen LogP contribution in [0.3, 0.4) is 0 Å². The van der Waals surface area contributed by atoms with Crippen molar-refractivity contribution in [2.45, 2.75) is 47.0 Å². The summed E-state index contributed by atoms with van der Waals surface area (Å²) < 4.78 is 12.8. The highest BCUT2D eigenvalue weighted by Gasteiger charge is 2.16. The first kappa shape index (κ1) is 23.2. The molecular formula is C26H29N5O3. The Hall–Kier alpha value is -3.94. The second-order valence-corrected chi connectivity index (χ2v) is 8.27. The molecule has 8 heteroatoms. The van der Waals surface area contributed by atoms with E-state index in [1.54, 1.807) is 12.1 Å². The van der Waals surface area contributed by atoms with Gasteiger partial charge in [-0.2, -0.15) is 10.1 Å². The summed E-state index contributed by atoms with van der Waals surface area (Å²) in [4.78, 5) is 17.0. The maximum absolute atomic E-state index is 12.6. The van der Waals surface area contributed by atoms with Gasteiger partial charge in [0, 0.05) is 12.0 Å². The summed E-state index contributed by atoms with van der Waals surface area (Å²) in [6.07, 6.45) is 2.87. The summed E-state index contributed by atoms with van der Waals surface area (Å²) in [6.45, 7) is 7.85. The molecule has 0 spiro atoms. The third-order valence-electron chi connectivity index (χ3n) is 5.53. The van der Waals surface area contributed by atoms with Crippen molar-refractivity contribution < 1.29 is 14.1 Å². The maximum Gasteiger partial charge on any atom is 0.262 e. The number of aromatic nitrogens is 4. The summed E-state index contributed by atoms with van der Waals surface area (Å²) in [5.41, 5.74) is 5.25. The van der Waals surface area contributed by atoms with E-state index in [9.17, 15) is 4.79 Å². The molecule has 0 aliphatic rings. The highest BCUT2D eigenvalue weighted by molar-refractivity contribution is 5.93. The van der Waals surface area contributed by atoms with E-state index in [-0.39, 0.29) is 12.5 Å². The molecule has 0 unspecified atom stereocenters. The van der Waals surface area contributed by atoms with Crippen LogP contribution in [0.4, 0.5) is 5.69 Å². The third kappa shape index (κ3) is 5.33. The summed E-state index contributed by atoms with van der Waals surface area (Å²) in [5.74, 6) is 1.52. The number of unbranched alkanes of at least 4 members (excludes halogenated alkanes) is 1. The summed E-state index contributed by atoms with van der Waals surface area (Å²) >= 11 is 0. The van der Waals surface area contributed by atoms with E-state index in [2.05, 4.69) is 27.5 Å². The van der Waals surface area contributed by atoms with Gasteiger partial charge in [-0.3, -0.25) is 4.79 Å². The zero-order valence-corrected chi connectivity index (χ0v) is 20.0. The van der Waals surface area contributed by atoms with E-state index < -0.39 is 0 Å². The Kier molecular flexibility index (Phi) is 7.06. The van der Waals surface area contributed by atoms with Crippen LogP contribution in [0.5, 0.6) is 5.75 Å². The topological polar surface area (TPSA) is 95.1 Å². The van der Waals surface area contributed by atoms with Crippen molar-refractivity contribution in [2.75, 3.05) is 11.9 Å². The second kappa shape index (κ2) is 10.3. The van der Waals surface area contributed by atoms with E-state index >= 15 is 0 Å². The molecule has 4 aromatic rings. The number of hydrogen-bond donors (Lipinski definition) is 1. The molecule has 1 amide bonds. The number of aryl methyl sites for hydroxylation is 3. The Bertz CT molecular complexity index is 1260. The van der Waals surface area contributed by atoms with Gasteiger partial charge in [0.1, 0.15) is 5.75 Å². The molecule has 0 fully saturated rings. The van der Waals surface area contributed by atoms with Crippen molar-refractivity contribution in [2.24, 2.45) is 0 Å². The minimum absolute atomic E-state index is 0.114. The summed E-state index contributed by atoms with van der Waals surface area (Å²) in [5, 5.41) is 11.5. The lowest BCUT2D eigenvalue weighted by molar-refractivity contribution is -0.118. The Morgan fingerprint density at radius 2 is 1.79 bits per heavy atom. The van der Waals surface area contributed by atoms with Gasteiger partial charge in [0.2, 0.25) is 11.7 Å². The molecule has 176 valence electrons. The predicted octanol–water partition coefficient (Wildman–Crippen LogP) is 5.21. The highest BCUT2D eigenvalue weighted by atomic mass is 16.5. The predicted molar refractivity (Wildman–Crippen MR) is 130 cm³/mol. The molecule has 0 radical (unpaired) electrons. The van der Waals surface area contributed by atoms with Crippen molar-refractivity contribution in [3.8, 4) is 22.8 Å². The van der Waals surface area contributed by atoms with Crippen LogP contribution >= 0.6 is 0 Å². The first-order chi connectivity index (χ1) is 16.4. The van der Waals surface area contributed by atoms with Crippen molar-refractivity contribution in [3.63, 3.8) is 0 Å². The number of amides is 1. The minimum atomic E-state index is -0.252. The van der Waals surface area contributed by atoms with Gasteiger partial charge in [0.15, 0.2) is 6.61 Å². The number of anilines is 1. The van der Waals surface area contributed by atoms with Crippen LogP contribution in [0.2, 0.25) is 0 Å². The van der Waals surface area contributed by atoms with Crippen molar-refractivity contribution in [1.82, 2.24) is 19.9 Å². The molecule has 2 heterocycles. The van der Waals surface area contributed by atoms with E-state index in [1.807, 2.05) is 61.9 Å². The molecule has 0 aliphatic carbocycles. The molecule has 0 saturated heterocycles. The van der Waals surface area contributed by atoms with Gasteiger partial charge in [-0.1, -0.05) is 36.2 Å². The van der Waals surface area contributed by atoms with Gasteiger partial charge in [0.05, 0.1) is 22.8 Å². The third-order valence-corrected chi connectivity index (χ3v) is 5.53. The first-order valence-corrected chi connectivity index (χ1v) is 11.4. The monoisotopic (exact) mass is 459 g/mol. The van der Waals surface area contributed by atoms with E-state index in [1.165, 1.54) is 5.56 Å². The Morgan fingerprint density at radius 3 is 2.50 bits per heavy atom. The molecule has 0 saturated carbocycles. The average Bonchev–Trinajstić information content (AvgIpc) is 3.42. The molecule has 1 N–H and O–H groups in total. The van der Waals surface area contributed by atoms with Gasteiger partial charge in [0.25, 0.3) is 5.91 Å². The number of benzene rings is 2. The van der Waals surface area contributed by atoms with E-state index in [0.29, 0.717) is 23.2 Å². The number of ether oxygens (including phenoxy) is 1.